The van der Waals surface area contributed by atoms with E-state index in [1.807, 2.05) is 13.8 Å². The molecule has 4 nitrogen and oxygen atoms in total. The van der Waals surface area contributed by atoms with E-state index >= 15 is 0 Å². The summed E-state index contributed by atoms with van der Waals surface area (Å²) in [6.07, 6.45) is 4.51. The van der Waals surface area contributed by atoms with Crippen molar-refractivity contribution in [3.05, 3.63) is 23.8 Å². The van der Waals surface area contributed by atoms with Gasteiger partial charge in [-0.25, -0.2) is 4.79 Å². The summed E-state index contributed by atoms with van der Waals surface area (Å²) < 4.78 is 5.63. The molecular weight excluding hydrogens is 268 g/mol. The fourth-order valence-corrected chi connectivity index (χ4v) is 1.89. The van der Waals surface area contributed by atoms with Crippen LogP contribution < -0.4 is 4.74 Å². The summed E-state index contributed by atoms with van der Waals surface area (Å²) in [6, 6.07) is 4.31. The van der Waals surface area contributed by atoms with Crippen LogP contribution in [-0.2, 0) is 0 Å². The second-order valence-electron chi connectivity index (χ2n) is 4.71. The molecule has 1 atom stereocenters. The number of aromatic hydroxyl groups is 1. The van der Waals surface area contributed by atoms with Crippen molar-refractivity contribution in [1.29, 1.82) is 0 Å². The fourth-order valence-electron chi connectivity index (χ4n) is 1.89. The van der Waals surface area contributed by atoms with Crippen molar-refractivity contribution >= 4 is 5.97 Å². The Balaban J connectivity index is 0.00000191. The average molecular weight is 296 g/mol. The molecule has 0 radical (unpaired) electrons. The lowest BCUT2D eigenvalue weighted by atomic mass is 10.0. The van der Waals surface area contributed by atoms with E-state index in [9.17, 15) is 9.90 Å². The third kappa shape index (κ3) is 7.02. The number of unbranched alkanes of at least 4 members (excludes halogenated alkanes) is 1. The molecule has 0 fully saturated rings. The Bertz CT molecular complexity index is 415. The molecule has 0 heterocycles. The van der Waals surface area contributed by atoms with Gasteiger partial charge in [0, 0.05) is 0 Å². The van der Waals surface area contributed by atoms with E-state index in [0.717, 1.165) is 12.8 Å². The molecule has 0 spiro atoms. The first-order chi connectivity index (χ1) is 10.1. The molecule has 0 saturated carbocycles. The minimum Gasteiger partial charge on any atom is -0.507 e. The van der Waals surface area contributed by atoms with Crippen molar-refractivity contribution in [2.45, 2.75) is 53.4 Å². The number of hydrogen-bond acceptors (Lipinski definition) is 3. The first-order valence-corrected chi connectivity index (χ1v) is 7.77. The van der Waals surface area contributed by atoms with Gasteiger partial charge in [0.1, 0.15) is 17.1 Å². The van der Waals surface area contributed by atoms with Crippen LogP contribution in [0.5, 0.6) is 11.5 Å². The van der Waals surface area contributed by atoms with E-state index in [1.165, 1.54) is 25.0 Å². The second kappa shape index (κ2) is 11.0. The summed E-state index contributed by atoms with van der Waals surface area (Å²) in [5.41, 5.74) is -0.126. The number of hydrogen-bond donors (Lipinski definition) is 2. The maximum absolute atomic E-state index is 10.9. The highest BCUT2D eigenvalue weighted by molar-refractivity contribution is 5.91. The average Bonchev–Trinajstić information content (AvgIpc) is 2.50. The summed E-state index contributed by atoms with van der Waals surface area (Å²) in [5, 5.41) is 18.3. The van der Waals surface area contributed by atoms with Crippen molar-refractivity contribution in [3.63, 3.8) is 0 Å². The van der Waals surface area contributed by atoms with Crippen molar-refractivity contribution in [3.8, 4) is 11.5 Å². The number of rotatable bonds is 8. The van der Waals surface area contributed by atoms with Crippen LogP contribution in [0.1, 0.15) is 63.7 Å². The van der Waals surface area contributed by atoms with Gasteiger partial charge in [0.2, 0.25) is 0 Å². The van der Waals surface area contributed by atoms with Crippen LogP contribution in [0.15, 0.2) is 18.2 Å². The summed E-state index contributed by atoms with van der Waals surface area (Å²) in [5.74, 6) is -0.411. The summed E-state index contributed by atoms with van der Waals surface area (Å²) >= 11 is 0. The Hall–Kier alpha value is -1.71. The molecule has 4 heteroatoms. The van der Waals surface area contributed by atoms with Gasteiger partial charge in [-0.15, -0.1) is 0 Å². The Morgan fingerprint density at radius 1 is 1.29 bits per heavy atom. The van der Waals surface area contributed by atoms with Gasteiger partial charge in [-0.3, -0.25) is 0 Å². The van der Waals surface area contributed by atoms with E-state index in [2.05, 4.69) is 13.8 Å². The molecule has 0 aliphatic carbocycles. The quantitative estimate of drug-likeness (QED) is 0.729. The summed E-state index contributed by atoms with van der Waals surface area (Å²) in [7, 11) is 0. The molecule has 21 heavy (non-hydrogen) atoms. The van der Waals surface area contributed by atoms with Crippen LogP contribution in [0.25, 0.3) is 0 Å². The molecule has 120 valence electrons. The smallest absolute Gasteiger partial charge is 0.339 e. The lowest BCUT2D eigenvalue weighted by molar-refractivity contribution is 0.0693. The molecule has 0 bridgehead atoms. The van der Waals surface area contributed by atoms with Crippen molar-refractivity contribution < 1.29 is 19.7 Å². The largest absolute Gasteiger partial charge is 0.507 e. The molecule has 1 unspecified atom stereocenters. The number of carboxylic acids is 1. The molecule has 2 N–H and O–H groups in total. The maximum atomic E-state index is 10.9. The predicted octanol–water partition coefficient (Wildman–Crippen LogP) is 4.71. The van der Waals surface area contributed by atoms with Gasteiger partial charge in [0.05, 0.1) is 6.61 Å². The number of aromatic carboxylic acids is 1. The van der Waals surface area contributed by atoms with Gasteiger partial charge < -0.3 is 14.9 Å². The molecule has 1 aromatic carbocycles. The van der Waals surface area contributed by atoms with Gasteiger partial charge in [-0.1, -0.05) is 47.0 Å². The molecule has 0 aliphatic heterocycles. The Kier molecular flexibility index (Phi) is 10.1. The molecule has 0 aliphatic rings. The van der Waals surface area contributed by atoms with Crippen LogP contribution >= 0.6 is 0 Å². The van der Waals surface area contributed by atoms with Crippen LogP contribution in [0.4, 0.5) is 0 Å². The van der Waals surface area contributed by atoms with Gasteiger partial charge in [-0.05, 0) is 30.5 Å². The van der Waals surface area contributed by atoms with E-state index in [0.29, 0.717) is 18.3 Å². The van der Waals surface area contributed by atoms with Crippen molar-refractivity contribution in [1.82, 2.24) is 0 Å². The predicted molar refractivity (Wildman–Crippen MR) is 85.2 cm³/mol. The molecule has 1 rings (SSSR count). The molecule has 0 saturated heterocycles. The topological polar surface area (TPSA) is 66.8 Å². The van der Waals surface area contributed by atoms with E-state index < -0.39 is 5.97 Å². The molecule has 0 amide bonds. The Labute approximate surface area is 127 Å². The highest BCUT2D eigenvalue weighted by atomic mass is 16.5. The number of benzene rings is 1. The monoisotopic (exact) mass is 296 g/mol. The van der Waals surface area contributed by atoms with Crippen molar-refractivity contribution in [2.24, 2.45) is 5.92 Å². The number of phenols is 1. The van der Waals surface area contributed by atoms with Gasteiger partial charge in [-0.2, -0.15) is 0 Å². The third-order valence-corrected chi connectivity index (χ3v) is 3.23. The minimum absolute atomic E-state index is 0.126. The zero-order valence-electron chi connectivity index (χ0n) is 13.6. The number of carboxylic acid groups (broad SMARTS) is 1. The first kappa shape index (κ1) is 19.3. The number of carbonyl (C=O) groups is 1. The van der Waals surface area contributed by atoms with E-state index in [1.54, 1.807) is 6.07 Å². The third-order valence-electron chi connectivity index (χ3n) is 3.23. The zero-order valence-corrected chi connectivity index (χ0v) is 13.6. The van der Waals surface area contributed by atoms with Gasteiger partial charge in [0.25, 0.3) is 0 Å². The lowest BCUT2D eigenvalue weighted by Crippen LogP contribution is -2.11. The Morgan fingerprint density at radius 3 is 2.48 bits per heavy atom. The fraction of sp³-hybridized carbons (Fsp3) is 0.588. The SMILES string of the molecule is CC.CCCCC(CC)COc1ccc(O)c(C(=O)O)c1. The normalized spacial score (nSPS) is 11.2. The van der Waals surface area contributed by atoms with Gasteiger partial charge in [0.15, 0.2) is 0 Å². The van der Waals surface area contributed by atoms with Crippen LogP contribution in [-0.4, -0.2) is 22.8 Å². The summed E-state index contributed by atoms with van der Waals surface area (Å²) in [6.45, 7) is 8.87. The maximum Gasteiger partial charge on any atom is 0.339 e. The second-order valence-corrected chi connectivity index (χ2v) is 4.71. The van der Waals surface area contributed by atoms with E-state index in [-0.39, 0.29) is 11.3 Å². The highest BCUT2D eigenvalue weighted by Crippen LogP contribution is 2.24. The standard InChI is InChI=1S/C15H22O4.C2H6/c1-3-5-6-11(4-2)10-19-12-7-8-14(16)13(9-12)15(17)18;1-2/h7-9,11,16H,3-6,10H2,1-2H3,(H,17,18);1-2H3. The highest BCUT2D eigenvalue weighted by Gasteiger charge is 2.12. The van der Waals surface area contributed by atoms with Crippen LogP contribution in [0.3, 0.4) is 0 Å². The molecule has 0 aromatic heterocycles. The van der Waals surface area contributed by atoms with Crippen LogP contribution in [0, 0.1) is 5.92 Å². The van der Waals surface area contributed by atoms with E-state index in [4.69, 9.17) is 9.84 Å². The molecule has 1 aromatic rings. The Morgan fingerprint density at radius 2 is 1.95 bits per heavy atom. The zero-order chi connectivity index (χ0) is 16.3. The van der Waals surface area contributed by atoms with Crippen molar-refractivity contribution in [2.75, 3.05) is 6.61 Å². The number of ether oxygens (including phenoxy) is 1. The molecular formula is C17H28O4. The minimum atomic E-state index is -1.15. The lowest BCUT2D eigenvalue weighted by Gasteiger charge is -2.16. The first-order valence-electron chi connectivity index (χ1n) is 7.77. The van der Waals surface area contributed by atoms with Gasteiger partial charge >= 0.3 is 5.97 Å². The van der Waals surface area contributed by atoms with Crippen LogP contribution in [0.2, 0.25) is 0 Å². The summed E-state index contributed by atoms with van der Waals surface area (Å²) in [4.78, 5) is 10.9.